The molecule has 56 valence electrons. The SMILES string of the molecule is OC1C2C=CC(C2)C1(O)O. The number of aliphatic hydroxyl groups is 3. The van der Waals surface area contributed by atoms with Crippen LogP contribution >= 0.6 is 0 Å². The molecule has 2 aliphatic rings. The molecule has 0 aliphatic heterocycles. The summed E-state index contributed by atoms with van der Waals surface area (Å²) in [5, 5.41) is 27.6. The van der Waals surface area contributed by atoms with Crippen LogP contribution in [0, 0.1) is 11.8 Å². The van der Waals surface area contributed by atoms with Crippen molar-refractivity contribution in [1.82, 2.24) is 0 Å². The minimum atomic E-state index is -1.86. The molecule has 3 N–H and O–H groups in total. The standard InChI is InChI=1S/C7H10O3/c8-6-4-1-2-5(3-4)7(6,9)10/h1-2,4-6,8-10H,3H2. The van der Waals surface area contributed by atoms with E-state index in [9.17, 15) is 15.3 Å². The zero-order chi connectivity index (χ0) is 7.35. The van der Waals surface area contributed by atoms with Crippen molar-refractivity contribution >= 4 is 0 Å². The molecule has 0 aromatic rings. The summed E-state index contributed by atoms with van der Waals surface area (Å²) in [6.45, 7) is 0. The molecule has 0 amide bonds. The lowest BCUT2D eigenvalue weighted by molar-refractivity contribution is -0.231. The van der Waals surface area contributed by atoms with Gasteiger partial charge in [-0.2, -0.15) is 0 Å². The van der Waals surface area contributed by atoms with Crippen molar-refractivity contribution < 1.29 is 15.3 Å². The van der Waals surface area contributed by atoms with Gasteiger partial charge in [-0.25, -0.2) is 0 Å². The van der Waals surface area contributed by atoms with E-state index < -0.39 is 11.9 Å². The second-order valence-corrected chi connectivity index (χ2v) is 3.12. The van der Waals surface area contributed by atoms with E-state index in [-0.39, 0.29) is 11.8 Å². The van der Waals surface area contributed by atoms with Crippen molar-refractivity contribution in [1.29, 1.82) is 0 Å². The Bertz CT molecular complexity index is 185. The minimum Gasteiger partial charge on any atom is -0.387 e. The van der Waals surface area contributed by atoms with Gasteiger partial charge in [0, 0.05) is 11.8 Å². The zero-order valence-corrected chi connectivity index (χ0v) is 5.44. The van der Waals surface area contributed by atoms with Gasteiger partial charge in [0.1, 0.15) is 6.10 Å². The Morgan fingerprint density at radius 2 is 2.00 bits per heavy atom. The summed E-state index contributed by atoms with van der Waals surface area (Å²) in [5.74, 6) is -2.16. The molecule has 0 spiro atoms. The Kier molecular flexibility index (Phi) is 1.02. The lowest BCUT2D eigenvalue weighted by Crippen LogP contribution is -2.45. The van der Waals surface area contributed by atoms with Crippen LogP contribution in [-0.2, 0) is 0 Å². The summed E-state index contributed by atoms with van der Waals surface area (Å²) in [4.78, 5) is 0. The van der Waals surface area contributed by atoms with E-state index in [4.69, 9.17) is 0 Å². The van der Waals surface area contributed by atoms with Gasteiger partial charge >= 0.3 is 0 Å². The predicted molar refractivity (Wildman–Crippen MR) is 33.9 cm³/mol. The first kappa shape index (κ1) is 6.34. The Hall–Kier alpha value is -0.380. The van der Waals surface area contributed by atoms with Gasteiger partial charge in [-0.3, -0.25) is 0 Å². The molecule has 2 aliphatic carbocycles. The Labute approximate surface area is 58.6 Å². The maximum absolute atomic E-state index is 9.21. The number of hydrogen-bond acceptors (Lipinski definition) is 3. The molecule has 0 radical (unpaired) electrons. The first-order chi connectivity index (χ1) is 4.62. The molecule has 0 heterocycles. The molecule has 3 atom stereocenters. The fraction of sp³-hybridized carbons (Fsp3) is 0.714. The average Bonchev–Trinajstić information content (AvgIpc) is 2.37. The second kappa shape index (κ2) is 1.61. The van der Waals surface area contributed by atoms with Crippen LogP contribution in [-0.4, -0.2) is 27.2 Å². The van der Waals surface area contributed by atoms with Gasteiger partial charge in [0.15, 0.2) is 5.79 Å². The van der Waals surface area contributed by atoms with Crippen LogP contribution < -0.4 is 0 Å². The Morgan fingerprint density at radius 1 is 1.30 bits per heavy atom. The summed E-state index contributed by atoms with van der Waals surface area (Å²) >= 11 is 0. The van der Waals surface area contributed by atoms with Gasteiger partial charge in [-0.1, -0.05) is 12.2 Å². The summed E-state index contributed by atoms with van der Waals surface area (Å²) in [7, 11) is 0. The van der Waals surface area contributed by atoms with Gasteiger partial charge in [0.2, 0.25) is 0 Å². The highest BCUT2D eigenvalue weighted by atomic mass is 16.5. The van der Waals surface area contributed by atoms with Crippen LogP contribution in [0.25, 0.3) is 0 Å². The van der Waals surface area contributed by atoms with Gasteiger partial charge in [-0.05, 0) is 6.42 Å². The molecular weight excluding hydrogens is 132 g/mol. The van der Waals surface area contributed by atoms with Crippen LogP contribution in [0.1, 0.15) is 6.42 Å². The van der Waals surface area contributed by atoms with Crippen LogP contribution in [0.15, 0.2) is 12.2 Å². The molecule has 1 saturated carbocycles. The quantitative estimate of drug-likeness (QED) is 0.307. The third-order valence-corrected chi connectivity index (χ3v) is 2.50. The summed E-state index contributed by atoms with van der Waals surface area (Å²) in [6.07, 6.45) is 3.30. The van der Waals surface area contributed by atoms with Crippen molar-refractivity contribution in [2.24, 2.45) is 11.8 Å². The molecule has 3 nitrogen and oxygen atoms in total. The molecular formula is C7H10O3. The van der Waals surface area contributed by atoms with Gasteiger partial charge in [0.25, 0.3) is 0 Å². The third-order valence-electron chi connectivity index (χ3n) is 2.50. The van der Waals surface area contributed by atoms with Crippen LogP contribution in [0.2, 0.25) is 0 Å². The zero-order valence-electron chi connectivity index (χ0n) is 5.44. The van der Waals surface area contributed by atoms with Gasteiger partial charge < -0.3 is 15.3 Å². The molecule has 0 saturated heterocycles. The highest BCUT2D eigenvalue weighted by molar-refractivity contribution is 5.17. The molecule has 0 aromatic carbocycles. The molecule has 3 heteroatoms. The number of fused-ring (bicyclic) bond motifs is 2. The molecule has 0 aromatic heterocycles. The third kappa shape index (κ3) is 0.551. The molecule has 10 heavy (non-hydrogen) atoms. The fourth-order valence-electron chi connectivity index (χ4n) is 1.81. The maximum Gasteiger partial charge on any atom is 0.196 e. The van der Waals surface area contributed by atoms with E-state index in [0.29, 0.717) is 6.42 Å². The van der Waals surface area contributed by atoms with Crippen LogP contribution in [0.5, 0.6) is 0 Å². The second-order valence-electron chi connectivity index (χ2n) is 3.12. The normalized spacial score (nSPS) is 48.5. The number of aliphatic hydroxyl groups excluding tert-OH is 1. The van der Waals surface area contributed by atoms with Crippen molar-refractivity contribution in [2.75, 3.05) is 0 Å². The molecule has 3 unspecified atom stereocenters. The minimum absolute atomic E-state index is 0.0417. The maximum atomic E-state index is 9.21. The van der Waals surface area contributed by atoms with Crippen LogP contribution in [0.4, 0.5) is 0 Å². The fourth-order valence-corrected chi connectivity index (χ4v) is 1.81. The van der Waals surface area contributed by atoms with E-state index in [1.54, 1.807) is 6.08 Å². The van der Waals surface area contributed by atoms with Crippen molar-refractivity contribution in [2.45, 2.75) is 18.3 Å². The highest BCUT2D eigenvalue weighted by Gasteiger charge is 2.53. The van der Waals surface area contributed by atoms with Gasteiger partial charge in [0.05, 0.1) is 0 Å². The molecule has 2 rings (SSSR count). The van der Waals surface area contributed by atoms with E-state index >= 15 is 0 Å². The monoisotopic (exact) mass is 142 g/mol. The van der Waals surface area contributed by atoms with E-state index in [0.717, 1.165) is 0 Å². The van der Waals surface area contributed by atoms with Crippen LogP contribution in [0.3, 0.4) is 0 Å². The first-order valence-electron chi connectivity index (χ1n) is 3.43. The van der Waals surface area contributed by atoms with Crippen molar-refractivity contribution in [3.8, 4) is 0 Å². The lowest BCUT2D eigenvalue weighted by Gasteiger charge is -2.27. The van der Waals surface area contributed by atoms with E-state index in [1.165, 1.54) is 0 Å². The number of rotatable bonds is 0. The van der Waals surface area contributed by atoms with Crippen molar-refractivity contribution in [3.63, 3.8) is 0 Å². The lowest BCUT2D eigenvalue weighted by atomic mass is 9.98. The average molecular weight is 142 g/mol. The topological polar surface area (TPSA) is 60.7 Å². The Balaban J connectivity index is 2.35. The van der Waals surface area contributed by atoms with E-state index in [2.05, 4.69) is 0 Å². The molecule has 1 fully saturated rings. The largest absolute Gasteiger partial charge is 0.387 e. The van der Waals surface area contributed by atoms with E-state index in [1.807, 2.05) is 6.08 Å². The predicted octanol–water partition coefficient (Wildman–Crippen LogP) is -0.766. The Morgan fingerprint density at radius 3 is 2.30 bits per heavy atom. The van der Waals surface area contributed by atoms with Crippen molar-refractivity contribution in [3.05, 3.63) is 12.2 Å². The smallest absolute Gasteiger partial charge is 0.196 e. The number of hydrogen-bond donors (Lipinski definition) is 3. The summed E-state index contributed by atoms with van der Waals surface area (Å²) in [6, 6.07) is 0. The summed E-state index contributed by atoms with van der Waals surface area (Å²) in [5.41, 5.74) is 0. The summed E-state index contributed by atoms with van der Waals surface area (Å²) < 4.78 is 0. The highest BCUT2D eigenvalue weighted by Crippen LogP contribution is 2.44. The first-order valence-corrected chi connectivity index (χ1v) is 3.43. The van der Waals surface area contributed by atoms with Gasteiger partial charge in [-0.15, -0.1) is 0 Å². The molecule has 2 bridgehead atoms.